The third-order valence-corrected chi connectivity index (χ3v) is 5.45. The number of thiophene rings is 1. The highest BCUT2D eigenvalue weighted by Crippen LogP contribution is 2.45. The van der Waals surface area contributed by atoms with Crippen molar-refractivity contribution in [2.45, 2.75) is 45.6 Å². The molecular weight excluding hydrogens is 282 g/mol. The van der Waals surface area contributed by atoms with E-state index in [0.29, 0.717) is 11.5 Å². The molecule has 1 N–H and O–H groups in total. The van der Waals surface area contributed by atoms with Gasteiger partial charge in [0.15, 0.2) is 0 Å². The molecule has 1 aliphatic carbocycles. The molecule has 1 fully saturated rings. The standard InChI is InChI=1S/C13H20BrNS/c1-10(2)15-9-13(5-3-6-13)8-12-11(14)4-7-16-12/h4,7,10,15H,3,5-6,8-9H2,1-2H3. The second-order valence-electron chi connectivity index (χ2n) is 5.26. The van der Waals surface area contributed by atoms with Crippen molar-refractivity contribution in [1.29, 1.82) is 0 Å². The minimum atomic E-state index is 0.539. The smallest absolute Gasteiger partial charge is 0.0314 e. The molecule has 16 heavy (non-hydrogen) atoms. The second kappa shape index (κ2) is 5.19. The van der Waals surface area contributed by atoms with Gasteiger partial charge in [-0.25, -0.2) is 0 Å². The average Bonchev–Trinajstić information content (AvgIpc) is 2.56. The highest BCUT2D eigenvalue weighted by atomic mass is 79.9. The Morgan fingerprint density at radius 2 is 2.25 bits per heavy atom. The Kier molecular flexibility index (Phi) is 4.09. The van der Waals surface area contributed by atoms with Crippen molar-refractivity contribution in [3.8, 4) is 0 Å². The summed E-state index contributed by atoms with van der Waals surface area (Å²) < 4.78 is 1.30. The van der Waals surface area contributed by atoms with Crippen molar-refractivity contribution in [3.63, 3.8) is 0 Å². The topological polar surface area (TPSA) is 12.0 Å². The summed E-state index contributed by atoms with van der Waals surface area (Å²) in [6, 6.07) is 2.77. The van der Waals surface area contributed by atoms with Gasteiger partial charge < -0.3 is 5.32 Å². The summed E-state index contributed by atoms with van der Waals surface area (Å²) >= 11 is 5.53. The Morgan fingerprint density at radius 1 is 1.50 bits per heavy atom. The zero-order valence-corrected chi connectivity index (χ0v) is 12.5. The van der Waals surface area contributed by atoms with Crippen LogP contribution in [0.15, 0.2) is 15.9 Å². The third-order valence-electron chi connectivity index (χ3n) is 3.53. The van der Waals surface area contributed by atoms with Crippen LogP contribution in [-0.4, -0.2) is 12.6 Å². The zero-order valence-electron chi connectivity index (χ0n) is 10.1. The van der Waals surface area contributed by atoms with Gasteiger partial charge in [-0.1, -0.05) is 20.3 Å². The summed E-state index contributed by atoms with van der Waals surface area (Å²) in [6.07, 6.45) is 5.42. The average molecular weight is 302 g/mol. The van der Waals surface area contributed by atoms with Crippen LogP contribution < -0.4 is 5.32 Å². The number of hydrogen-bond donors (Lipinski definition) is 1. The lowest BCUT2D eigenvalue weighted by atomic mass is 9.66. The van der Waals surface area contributed by atoms with Gasteiger partial charge in [-0.2, -0.15) is 0 Å². The molecule has 0 aliphatic heterocycles. The molecule has 0 radical (unpaired) electrons. The Balaban J connectivity index is 1.97. The molecule has 0 amide bonds. The Morgan fingerprint density at radius 3 is 2.69 bits per heavy atom. The maximum atomic E-state index is 3.64. The predicted molar refractivity (Wildman–Crippen MR) is 75.1 cm³/mol. The van der Waals surface area contributed by atoms with Gasteiger partial charge in [-0.05, 0) is 52.1 Å². The maximum Gasteiger partial charge on any atom is 0.0314 e. The Bertz CT molecular complexity index is 341. The first-order valence-corrected chi connectivity index (χ1v) is 7.74. The molecule has 0 atom stereocenters. The fourth-order valence-electron chi connectivity index (χ4n) is 2.31. The van der Waals surface area contributed by atoms with E-state index in [1.807, 2.05) is 11.3 Å². The van der Waals surface area contributed by atoms with E-state index in [9.17, 15) is 0 Å². The van der Waals surface area contributed by atoms with Gasteiger partial charge >= 0.3 is 0 Å². The van der Waals surface area contributed by atoms with Crippen LogP contribution in [0.3, 0.4) is 0 Å². The van der Waals surface area contributed by atoms with Gasteiger partial charge in [0.05, 0.1) is 0 Å². The zero-order chi connectivity index (χ0) is 11.6. The first-order chi connectivity index (χ1) is 7.61. The third kappa shape index (κ3) is 2.88. The molecule has 1 heterocycles. The van der Waals surface area contributed by atoms with E-state index in [1.165, 1.54) is 41.6 Å². The molecule has 3 heteroatoms. The number of nitrogens with one attached hydrogen (secondary N) is 1. The highest BCUT2D eigenvalue weighted by molar-refractivity contribution is 9.10. The highest BCUT2D eigenvalue weighted by Gasteiger charge is 2.37. The first kappa shape index (κ1) is 12.6. The van der Waals surface area contributed by atoms with Crippen molar-refractivity contribution >= 4 is 27.3 Å². The van der Waals surface area contributed by atoms with Crippen LogP contribution in [-0.2, 0) is 6.42 Å². The number of hydrogen-bond acceptors (Lipinski definition) is 2. The monoisotopic (exact) mass is 301 g/mol. The molecule has 1 aliphatic rings. The molecule has 0 aromatic carbocycles. The van der Waals surface area contributed by atoms with Crippen LogP contribution in [0.2, 0.25) is 0 Å². The molecule has 1 saturated carbocycles. The van der Waals surface area contributed by atoms with E-state index >= 15 is 0 Å². The lowest BCUT2D eigenvalue weighted by molar-refractivity contribution is 0.127. The van der Waals surface area contributed by atoms with Crippen LogP contribution >= 0.6 is 27.3 Å². The quantitative estimate of drug-likeness (QED) is 0.858. The first-order valence-electron chi connectivity index (χ1n) is 6.07. The van der Waals surface area contributed by atoms with E-state index in [0.717, 1.165) is 0 Å². The Labute approximate surface area is 111 Å². The van der Waals surface area contributed by atoms with Crippen LogP contribution in [0, 0.1) is 5.41 Å². The molecule has 90 valence electrons. The van der Waals surface area contributed by atoms with Crippen molar-refractivity contribution in [2.75, 3.05) is 6.54 Å². The van der Waals surface area contributed by atoms with Crippen molar-refractivity contribution in [2.24, 2.45) is 5.41 Å². The fourth-order valence-corrected chi connectivity index (χ4v) is 3.97. The van der Waals surface area contributed by atoms with E-state index in [-0.39, 0.29) is 0 Å². The minimum absolute atomic E-state index is 0.539. The van der Waals surface area contributed by atoms with Crippen LogP contribution in [0.4, 0.5) is 0 Å². The normalized spacial score (nSPS) is 18.8. The maximum absolute atomic E-state index is 3.64. The Hall–Kier alpha value is 0.140. The SMILES string of the molecule is CC(C)NCC1(Cc2sccc2Br)CCC1. The lowest BCUT2D eigenvalue weighted by Gasteiger charge is -2.42. The van der Waals surface area contributed by atoms with Crippen LogP contribution in [0.5, 0.6) is 0 Å². The van der Waals surface area contributed by atoms with Crippen molar-refractivity contribution in [3.05, 3.63) is 20.8 Å². The van der Waals surface area contributed by atoms with Crippen LogP contribution in [0.1, 0.15) is 38.0 Å². The molecular formula is C13H20BrNS. The van der Waals surface area contributed by atoms with Gasteiger partial charge in [0.1, 0.15) is 0 Å². The van der Waals surface area contributed by atoms with E-state index in [4.69, 9.17) is 0 Å². The molecule has 1 nitrogen and oxygen atoms in total. The van der Waals surface area contributed by atoms with Crippen LogP contribution in [0.25, 0.3) is 0 Å². The van der Waals surface area contributed by atoms with Gasteiger partial charge in [0, 0.05) is 21.9 Å². The number of rotatable bonds is 5. The van der Waals surface area contributed by atoms with E-state index in [1.54, 1.807) is 0 Å². The molecule has 2 rings (SSSR count). The second-order valence-corrected chi connectivity index (χ2v) is 7.11. The number of halogens is 1. The molecule has 0 bridgehead atoms. The van der Waals surface area contributed by atoms with Crippen molar-refractivity contribution in [1.82, 2.24) is 5.32 Å². The summed E-state index contributed by atoms with van der Waals surface area (Å²) in [6.45, 7) is 5.63. The lowest BCUT2D eigenvalue weighted by Crippen LogP contribution is -2.43. The van der Waals surface area contributed by atoms with Gasteiger partial charge in [0.2, 0.25) is 0 Å². The molecule has 0 saturated heterocycles. The van der Waals surface area contributed by atoms with Gasteiger partial charge in [-0.15, -0.1) is 11.3 Å². The molecule has 1 aromatic rings. The predicted octanol–water partition coefficient (Wildman–Crippen LogP) is 4.22. The summed E-state index contributed by atoms with van der Waals surface area (Å²) in [5, 5.41) is 5.79. The summed E-state index contributed by atoms with van der Waals surface area (Å²) in [4.78, 5) is 1.52. The van der Waals surface area contributed by atoms with Crippen molar-refractivity contribution < 1.29 is 0 Å². The summed E-state index contributed by atoms with van der Waals surface area (Å²) in [5.74, 6) is 0. The van der Waals surface area contributed by atoms with Gasteiger partial charge in [-0.3, -0.25) is 0 Å². The van der Waals surface area contributed by atoms with E-state index in [2.05, 4.69) is 46.5 Å². The minimum Gasteiger partial charge on any atom is -0.314 e. The summed E-state index contributed by atoms with van der Waals surface area (Å²) in [7, 11) is 0. The van der Waals surface area contributed by atoms with E-state index < -0.39 is 0 Å². The molecule has 0 unspecified atom stereocenters. The van der Waals surface area contributed by atoms with Gasteiger partial charge in [0.25, 0.3) is 0 Å². The fraction of sp³-hybridized carbons (Fsp3) is 0.692. The molecule has 0 spiro atoms. The largest absolute Gasteiger partial charge is 0.314 e. The summed E-state index contributed by atoms with van der Waals surface area (Å²) in [5.41, 5.74) is 0.539. The molecule has 1 aromatic heterocycles.